The molecule has 4 heteroatoms. The van der Waals surface area contributed by atoms with E-state index in [1.807, 2.05) is 13.0 Å². The van der Waals surface area contributed by atoms with Gasteiger partial charge in [0.1, 0.15) is 0 Å². The predicted octanol–water partition coefficient (Wildman–Crippen LogP) is 2.52. The highest BCUT2D eigenvalue weighted by Gasteiger charge is 2.18. The van der Waals surface area contributed by atoms with Crippen LogP contribution in [0, 0.1) is 0 Å². The van der Waals surface area contributed by atoms with E-state index in [1.165, 1.54) is 12.8 Å². The average Bonchev–Trinajstić information content (AvgIpc) is 2.84. The number of carbonyl (C=O) groups is 1. The van der Waals surface area contributed by atoms with E-state index in [2.05, 4.69) is 4.90 Å². The summed E-state index contributed by atoms with van der Waals surface area (Å²) in [5, 5.41) is 1.15. The van der Waals surface area contributed by atoms with Crippen LogP contribution in [0.3, 0.4) is 0 Å². The zero-order chi connectivity index (χ0) is 10.8. The summed E-state index contributed by atoms with van der Waals surface area (Å²) in [4.78, 5) is 14.6. The van der Waals surface area contributed by atoms with Gasteiger partial charge in [0, 0.05) is 19.5 Å². The lowest BCUT2D eigenvalue weighted by Gasteiger charge is -2.13. The molecule has 0 spiro atoms. The molecule has 1 fully saturated rings. The number of nitrogen functional groups attached to an aromatic ring is 1. The molecule has 1 aromatic rings. The number of hydrogen-bond acceptors (Lipinski definition) is 4. The third-order valence-electron chi connectivity index (χ3n) is 2.74. The Morgan fingerprint density at radius 1 is 1.53 bits per heavy atom. The highest BCUT2D eigenvalue weighted by Crippen LogP contribution is 2.34. The zero-order valence-electron chi connectivity index (χ0n) is 8.95. The van der Waals surface area contributed by atoms with Crippen LogP contribution in [0.5, 0.6) is 0 Å². The van der Waals surface area contributed by atoms with E-state index in [-0.39, 0.29) is 5.78 Å². The lowest BCUT2D eigenvalue weighted by Crippen LogP contribution is -2.15. The monoisotopic (exact) mass is 224 g/mol. The molecule has 1 aliphatic heterocycles. The molecule has 0 aliphatic carbocycles. The summed E-state index contributed by atoms with van der Waals surface area (Å²) in [6.07, 6.45) is 3.02. The van der Waals surface area contributed by atoms with Crippen molar-refractivity contribution in [3.05, 3.63) is 10.9 Å². The summed E-state index contributed by atoms with van der Waals surface area (Å²) in [5.74, 6) is 0.156. The van der Waals surface area contributed by atoms with Crippen LogP contribution in [0.4, 0.5) is 10.7 Å². The quantitative estimate of drug-likeness (QED) is 0.802. The van der Waals surface area contributed by atoms with Crippen molar-refractivity contribution in [3.63, 3.8) is 0 Å². The number of anilines is 2. The minimum absolute atomic E-state index is 0.156. The Kier molecular flexibility index (Phi) is 2.95. The first-order chi connectivity index (χ1) is 7.22. The molecule has 0 amide bonds. The molecule has 15 heavy (non-hydrogen) atoms. The van der Waals surface area contributed by atoms with E-state index < -0.39 is 0 Å². The van der Waals surface area contributed by atoms with Gasteiger partial charge in [-0.2, -0.15) is 0 Å². The number of ketones is 1. The molecule has 3 nitrogen and oxygen atoms in total. The lowest BCUT2D eigenvalue weighted by atomic mass is 10.2. The van der Waals surface area contributed by atoms with E-state index in [0.29, 0.717) is 12.1 Å². The Morgan fingerprint density at radius 2 is 2.20 bits per heavy atom. The van der Waals surface area contributed by atoms with Crippen LogP contribution in [0.2, 0.25) is 0 Å². The second kappa shape index (κ2) is 4.23. The fraction of sp³-hybridized carbons (Fsp3) is 0.545. The van der Waals surface area contributed by atoms with Gasteiger partial charge in [0.25, 0.3) is 0 Å². The topological polar surface area (TPSA) is 46.3 Å². The van der Waals surface area contributed by atoms with Crippen molar-refractivity contribution in [2.24, 2.45) is 0 Å². The first kappa shape index (κ1) is 10.5. The molecule has 0 bridgehead atoms. The molecule has 0 aromatic carbocycles. The van der Waals surface area contributed by atoms with Gasteiger partial charge in [0.2, 0.25) is 0 Å². The number of thiophene rings is 1. The normalized spacial score (nSPS) is 15.9. The van der Waals surface area contributed by atoms with Gasteiger partial charge in [0.15, 0.2) is 5.78 Å². The molecule has 0 radical (unpaired) electrons. The minimum Gasteiger partial charge on any atom is -0.397 e. The van der Waals surface area contributed by atoms with Gasteiger partial charge < -0.3 is 10.6 Å². The number of rotatable bonds is 3. The van der Waals surface area contributed by atoms with Gasteiger partial charge in [-0.1, -0.05) is 6.92 Å². The molecule has 82 valence electrons. The number of hydrogen-bond donors (Lipinski definition) is 1. The number of Topliss-reactive ketones (excluding diaryl/α,β-unsaturated/α-hetero) is 1. The van der Waals surface area contributed by atoms with E-state index in [1.54, 1.807) is 11.3 Å². The molecule has 2 heterocycles. The fourth-order valence-electron chi connectivity index (χ4n) is 1.86. The van der Waals surface area contributed by atoms with Crippen LogP contribution in [-0.4, -0.2) is 18.9 Å². The van der Waals surface area contributed by atoms with Gasteiger partial charge in [-0.05, 0) is 18.9 Å². The first-order valence-corrected chi connectivity index (χ1v) is 6.21. The summed E-state index contributed by atoms with van der Waals surface area (Å²) in [5.41, 5.74) is 6.50. The number of nitrogens with two attached hydrogens (primary N) is 1. The van der Waals surface area contributed by atoms with E-state index in [4.69, 9.17) is 5.73 Å². The highest BCUT2D eigenvalue weighted by molar-refractivity contribution is 7.18. The van der Waals surface area contributed by atoms with Gasteiger partial charge in [-0.15, -0.1) is 11.3 Å². The molecular formula is C11H16N2OS. The molecule has 0 unspecified atom stereocenters. The van der Waals surface area contributed by atoms with Crippen molar-refractivity contribution in [3.8, 4) is 0 Å². The van der Waals surface area contributed by atoms with Crippen LogP contribution < -0.4 is 10.6 Å². The van der Waals surface area contributed by atoms with Crippen molar-refractivity contribution >= 4 is 27.8 Å². The van der Waals surface area contributed by atoms with E-state index >= 15 is 0 Å². The Labute approximate surface area is 93.9 Å². The third-order valence-corrected chi connectivity index (χ3v) is 3.99. The Balaban J connectivity index is 2.23. The van der Waals surface area contributed by atoms with Crippen LogP contribution in [0.1, 0.15) is 35.9 Å². The maximum absolute atomic E-state index is 11.6. The molecule has 0 saturated carbocycles. The molecule has 1 aliphatic rings. The average molecular weight is 224 g/mol. The Hall–Kier alpha value is -1.03. The van der Waals surface area contributed by atoms with E-state index in [0.717, 1.165) is 23.0 Å². The molecule has 2 N–H and O–H groups in total. The van der Waals surface area contributed by atoms with Gasteiger partial charge in [-0.3, -0.25) is 4.79 Å². The Bertz CT molecular complexity index is 367. The second-order valence-corrected chi connectivity index (χ2v) is 4.87. The molecular weight excluding hydrogens is 208 g/mol. The van der Waals surface area contributed by atoms with Crippen LogP contribution in [-0.2, 0) is 0 Å². The number of carbonyl (C=O) groups excluding carboxylic acids is 1. The molecule has 1 aromatic heterocycles. The predicted molar refractivity (Wildman–Crippen MR) is 64.8 cm³/mol. The summed E-state index contributed by atoms with van der Waals surface area (Å²) < 4.78 is 0. The highest BCUT2D eigenvalue weighted by atomic mass is 32.1. The summed E-state index contributed by atoms with van der Waals surface area (Å²) in [6.45, 7) is 4.07. The minimum atomic E-state index is 0.156. The molecule has 1 saturated heterocycles. The molecule has 2 rings (SSSR count). The zero-order valence-corrected chi connectivity index (χ0v) is 9.77. The first-order valence-electron chi connectivity index (χ1n) is 5.40. The van der Waals surface area contributed by atoms with E-state index in [9.17, 15) is 4.79 Å². The SMILES string of the molecule is CCC(=O)c1sc(N2CCCC2)cc1N. The van der Waals surface area contributed by atoms with Crippen LogP contribution in [0.25, 0.3) is 0 Å². The second-order valence-electron chi connectivity index (χ2n) is 3.84. The summed E-state index contributed by atoms with van der Waals surface area (Å²) in [7, 11) is 0. The lowest BCUT2D eigenvalue weighted by molar-refractivity contribution is 0.0993. The third kappa shape index (κ3) is 2.00. The van der Waals surface area contributed by atoms with Crippen molar-refractivity contribution in [2.75, 3.05) is 23.7 Å². The number of nitrogens with zero attached hydrogens (tertiary/aromatic N) is 1. The van der Waals surface area contributed by atoms with Gasteiger partial charge in [-0.25, -0.2) is 0 Å². The van der Waals surface area contributed by atoms with Crippen LogP contribution >= 0.6 is 11.3 Å². The van der Waals surface area contributed by atoms with Gasteiger partial charge >= 0.3 is 0 Å². The summed E-state index contributed by atoms with van der Waals surface area (Å²) >= 11 is 1.54. The largest absolute Gasteiger partial charge is 0.397 e. The van der Waals surface area contributed by atoms with Crippen LogP contribution in [0.15, 0.2) is 6.07 Å². The smallest absolute Gasteiger partial charge is 0.174 e. The standard InChI is InChI=1S/C11H16N2OS/c1-2-9(14)11-8(12)7-10(15-11)13-5-3-4-6-13/h7H,2-6,12H2,1H3. The summed E-state index contributed by atoms with van der Waals surface area (Å²) in [6, 6.07) is 1.94. The van der Waals surface area contributed by atoms with Gasteiger partial charge in [0.05, 0.1) is 15.6 Å². The van der Waals surface area contributed by atoms with Crippen molar-refractivity contribution in [1.82, 2.24) is 0 Å². The van der Waals surface area contributed by atoms with Crippen molar-refractivity contribution in [1.29, 1.82) is 0 Å². The Morgan fingerprint density at radius 3 is 2.80 bits per heavy atom. The van der Waals surface area contributed by atoms with Crippen molar-refractivity contribution in [2.45, 2.75) is 26.2 Å². The maximum Gasteiger partial charge on any atom is 0.174 e. The fourth-order valence-corrected chi connectivity index (χ4v) is 3.01. The maximum atomic E-state index is 11.6. The van der Waals surface area contributed by atoms with Crippen molar-refractivity contribution < 1.29 is 4.79 Å². The molecule has 0 atom stereocenters.